The van der Waals surface area contributed by atoms with Crippen LogP contribution in [0.1, 0.15) is 48.3 Å². The van der Waals surface area contributed by atoms with E-state index in [4.69, 9.17) is 9.97 Å². The lowest BCUT2D eigenvalue weighted by Gasteiger charge is -2.33. The third-order valence-electron chi connectivity index (χ3n) is 6.19. The fourth-order valence-corrected chi connectivity index (χ4v) is 4.49. The summed E-state index contributed by atoms with van der Waals surface area (Å²) >= 11 is 0. The van der Waals surface area contributed by atoms with Gasteiger partial charge in [-0.15, -0.1) is 0 Å². The van der Waals surface area contributed by atoms with Gasteiger partial charge in [-0.25, -0.2) is 9.97 Å². The molecule has 29 heavy (non-hydrogen) atoms. The maximum Gasteiger partial charge on any atom is 0.219 e. The van der Waals surface area contributed by atoms with Crippen molar-refractivity contribution in [3.63, 3.8) is 0 Å². The van der Waals surface area contributed by atoms with E-state index in [-0.39, 0.29) is 5.91 Å². The fourth-order valence-electron chi connectivity index (χ4n) is 4.49. The summed E-state index contributed by atoms with van der Waals surface area (Å²) in [7, 11) is 1.91. The molecule has 2 aliphatic heterocycles. The lowest BCUT2D eigenvalue weighted by molar-refractivity contribution is -0.129. The molecule has 1 saturated heterocycles. The molecule has 4 rings (SSSR count). The van der Waals surface area contributed by atoms with Gasteiger partial charge in [0.15, 0.2) is 0 Å². The summed E-state index contributed by atoms with van der Waals surface area (Å²) in [4.78, 5) is 26.1. The van der Waals surface area contributed by atoms with Gasteiger partial charge < -0.3 is 15.1 Å². The van der Waals surface area contributed by atoms with Gasteiger partial charge >= 0.3 is 0 Å². The number of amides is 1. The van der Waals surface area contributed by atoms with Gasteiger partial charge in [-0.05, 0) is 31.4 Å². The van der Waals surface area contributed by atoms with Crippen LogP contribution in [0.25, 0.3) is 0 Å². The Bertz CT molecular complexity index is 837. The van der Waals surface area contributed by atoms with Crippen molar-refractivity contribution in [3.8, 4) is 0 Å². The van der Waals surface area contributed by atoms with Gasteiger partial charge in [0.05, 0.1) is 12.2 Å². The van der Waals surface area contributed by atoms with Crippen LogP contribution in [0.2, 0.25) is 0 Å². The Hall–Kier alpha value is -2.47. The molecule has 6 nitrogen and oxygen atoms in total. The molecule has 1 aromatic carbocycles. The van der Waals surface area contributed by atoms with Gasteiger partial charge in [0.1, 0.15) is 11.6 Å². The minimum absolute atomic E-state index is 0.114. The van der Waals surface area contributed by atoms with Crippen LogP contribution in [0.4, 0.5) is 5.82 Å². The number of carbonyl (C=O) groups excluding carboxylic acids is 1. The van der Waals surface area contributed by atoms with Gasteiger partial charge in [0.2, 0.25) is 5.91 Å². The molecule has 1 amide bonds. The van der Waals surface area contributed by atoms with E-state index in [1.807, 2.05) is 11.9 Å². The van der Waals surface area contributed by atoms with E-state index in [1.54, 1.807) is 6.92 Å². The van der Waals surface area contributed by atoms with Crippen molar-refractivity contribution in [2.24, 2.45) is 0 Å². The zero-order chi connectivity index (χ0) is 20.2. The fraction of sp³-hybridized carbons (Fsp3) is 0.522. The van der Waals surface area contributed by atoms with Crippen molar-refractivity contribution in [3.05, 3.63) is 53.0 Å². The van der Waals surface area contributed by atoms with Gasteiger partial charge in [-0.2, -0.15) is 0 Å². The van der Waals surface area contributed by atoms with E-state index in [2.05, 4.69) is 40.5 Å². The minimum atomic E-state index is 0.114. The highest BCUT2D eigenvalue weighted by Gasteiger charge is 2.28. The van der Waals surface area contributed by atoms with Crippen molar-refractivity contribution in [2.75, 3.05) is 38.5 Å². The van der Waals surface area contributed by atoms with Crippen molar-refractivity contribution < 1.29 is 4.79 Å². The monoisotopic (exact) mass is 393 g/mol. The molecule has 0 unspecified atom stereocenters. The summed E-state index contributed by atoms with van der Waals surface area (Å²) < 4.78 is 0. The Kier molecular flexibility index (Phi) is 6.09. The molecule has 3 heterocycles. The second-order valence-corrected chi connectivity index (χ2v) is 8.17. The molecule has 1 atom stereocenters. The molecule has 2 aliphatic rings. The third kappa shape index (κ3) is 4.58. The zero-order valence-corrected chi connectivity index (χ0v) is 17.5. The Morgan fingerprint density at radius 1 is 1.21 bits per heavy atom. The molecule has 0 radical (unpaired) electrons. The smallest absolute Gasteiger partial charge is 0.219 e. The number of hydrogen-bond donors (Lipinski definition) is 1. The standard InChI is InChI=1S/C23H31N5O/c1-17(29)28-14-11-21-20(16-28)23(24-2)26-22(25-21)19-9-6-12-27(15-19)13-10-18-7-4-3-5-8-18/h3-5,7-8,19H,6,9-16H2,1-2H3,(H,24,25,26)/t19-/m1/s1. The molecule has 1 N–H and O–H groups in total. The van der Waals surface area contributed by atoms with Crippen LogP contribution in [-0.4, -0.2) is 58.9 Å². The number of anilines is 1. The number of rotatable bonds is 5. The molecule has 0 bridgehead atoms. The second kappa shape index (κ2) is 8.91. The SMILES string of the molecule is CNc1nc([C@@H]2CCCN(CCc3ccccc3)C2)nc2c1CN(C(C)=O)CC2. The van der Waals surface area contributed by atoms with Crippen LogP contribution in [0.3, 0.4) is 0 Å². The second-order valence-electron chi connectivity index (χ2n) is 8.17. The number of piperidine rings is 1. The summed E-state index contributed by atoms with van der Waals surface area (Å²) in [5.74, 6) is 2.34. The van der Waals surface area contributed by atoms with Gasteiger partial charge in [0.25, 0.3) is 0 Å². The molecule has 154 valence electrons. The zero-order valence-electron chi connectivity index (χ0n) is 17.5. The molecule has 0 aliphatic carbocycles. The highest BCUT2D eigenvalue weighted by Crippen LogP contribution is 2.30. The number of carbonyl (C=O) groups is 1. The first-order chi connectivity index (χ1) is 14.1. The first-order valence-electron chi connectivity index (χ1n) is 10.7. The van der Waals surface area contributed by atoms with Crippen LogP contribution < -0.4 is 5.32 Å². The van der Waals surface area contributed by atoms with E-state index in [0.717, 1.165) is 68.3 Å². The van der Waals surface area contributed by atoms with Gasteiger partial charge in [0, 0.05) is 51.5 Å². The summed E-state index contributed by atoms with van der Waals surface area (Å²) in [6.45, 7) is 6.24. The highest BCUT2D eigenvalue weighted by atomic mass is 16.2. The summed E-state index contributed by atoms with van der Waals surface area (Å²) in [5, 5.41) is 3.25. The van der Waals surface area contributed by atoms with Crippen LogP contribution in [-0.2, 0) is 24.2 Å². The van der Waals surface area contributed by atoms with E-state index in [0.29, 0.717) is 12.5 Å². The van der Waals surface area contributed by atoms with Gasteiger partial charge in [-0.3, -0.25) is 4.79 Å². The number of nitrogens with zero attached hydrogens (tertiary/aromatic N) is 4. The normalized spacial score (nSPS) is 19.7. The number of aromatic nitrogens is 2. The maximum absolute atomic E-state index is 11.8. The molecule has 1 fully saturated rings. The predicted molar refractivity (Wildman–Crippen MR) is 115 cm³/mol. The number of nitrogens with one attached hydrogen (secondary N) is 1. The molecule has 1 aromatic heterocycles. The number of benzene rings is 1. The van der Waals surface area contributed by atoms with Crippen molar-refractivity contribution in [1.82, 2.24) is 19.8 Å². The Morgan fingerprint density at radius 2 is 2.03 bits per heavy atom. The quantitative estimate of drug-likeness (QED) is 0.846. The van der Waals surface area contributed by atoms with Crippen LogP contribution in [0.15, 0.2) is 30.3 Å². The largest absolute Gasteiger partial charge is 0.373 e. The lowest BCUT2D eigenvalue weighted by Crippen LogP contribution is -2.38. The molecule has 2 aromatic rings. The number of fused-ring (bicyclic) bond motifs is 1. The topological polar surface area (TPSA) is 61.4 Å². The summed E-state index contributed by atoms with van der Waals surface area (Å²) in [5.41, 5.74) is 3.58. The Labute approximate surface area is 173 Å². The average molecular weight is 394 g/mol. The Morgan fingerprint density at radius 3 is 2.79 bits per heavy atom. The number of likely N-dealkylation sites (tertiary alicyclic amines) is 1. The average Bonchev–Trinajstić information content (AvgIpc) is 2.77. The third-order valence-corrected chi connectivity index (χ3v) is 6.19. The van der Waals surface area contributed by atoms with Crippen LogP contribution in [0, 0.1) is 0 Å². The molecule has 0 spiro atoms. The van der Waals surface area contributed by atoms with Crippen molar-refractivity contribution in [1.29, 1.82) is 0 Å². The van der Waals surface area contributed by atoms with E-state index >= 15 is 0 Å². The molecule has 6 heteroatoms. The van der Waals surface area contributed by atoms with Crippen molar-refractivity contribution >= 4 is 11.7 Å². The van der Waals surface area contributed by atoms with Crippen molar-refractivity contribution in [2.45, 2.75) is 45.1 Å². The van der Waals surface area contributed by atoms with Crippen LogP contribution >= 0.6 is 0 Å². The molecular weight excluding hydrogens is 362 g/mol. The summed E-state index contributed by atoms with van der Waals surface area (Å²) in [6, 6.07) is 10.7. The van der Waals surface area contributed by atoms with E-state index in [9.17, 15) is 4.79 Å². The molecular formula is C23H31N5O. The Balaban J connectivity index is 1.47. The summed E-state index contributed by atoms with van der Waals surface area (Å²) in [6.07, 6.45) is 4.22. The van der Waals surface area contributed by atoms with Gasteiger partial charge in [-0.1, -0.05) is 30.3 Å². The van der Waals surface area contributed by atoms with E-state index < -0.39 is 0 Å². The minimum Gasteiger partial charge on any atom is -0.373 e. The highest BCUT2D eigenvalue weighted by molar-refractivity contribution is 5.74. The first kappa shape index (κ1) is 19.8. The first-order valence-corrected chi connectivity index (χ1v) is 10.7. The predicted octanol–water partition coefficient (Wildman–Crippen LogP) is 2.85. The maximum atomic E-state index is 11.8. The lowest BCUT2D eigenvalue weighted by atomic mass is 9.95. The number of hydrogen-bond acceptors (Lipinski definition) is 5. The molecule has 0 saturated carbocycles. The van der Waals surface area contributed by atoms with E-state index in [1.165, 1.54) is 12.0 Å². The van der Waals surface area contributed by atoms with Crippen LogP contribution in [0.5, 0.6) is 0 Å².